The number of para-hydroxylation sites is 1. The highest BCUT2D eigenvalue weighted by Gasteiger charge is 2.18. The van der Waals surface area contributed by atoms with Gasteiger partial charge in [-0.3, -0.25) is 9.56 Å². The molecule has 3 rings (SSSR count). The Bertz CT molecular complexity index is 658. The summed E-state index contributed by atoms with van der Waals surface area (Å²) in [6.07, 6.45) is 1.79. The lowest BCUT2D eigenvalue weighted by molar-refractivity contribution is 0.0528. The summed E-state index contributed by atoms with van der Waals surface area (Å²) < 4.78 is 7.01. The Morgan fingerprint density at radius 2 is 2.32 bits per heavy atom. The maximum absolute atomic E-state index is 12.0. The Hall–Kier alpha value is -2.30. The van der Waals surface area contributed by atoms with Crippen molar-refractivity contribution in [2.75, 3.05) is 19.7 Å². The SMILES string of the molecule is CCOC(=O)c1cn(C2=NCCN2)c2ccccc12. The number of benzene rings is 1. The number of esters is 1. The summed E-state index contributed by atoms with van der Waals surface area (Å²) in [6.45, 7) is 3.77. The highest BCUT2D eigenvalue weighted by atomic mass is 16.5. The first-order valence-electron chi connectivity index (χ1n) is 6.37. The van der Waals surface area contributed by atoms with Gasteiger partial charge in [0.25, 0.3) is 0 Å². The van der Waals surface area contributed by atoms with Gasteiger partial charge in [0.05, 0.1) is 24.2 Å². The number of rotatable bonds is 2. The Morgan fingerprint density at radius 1 is 1.47 bits per heavy atom. The summed E-state index contributed by atoms with van der Waals surface area (Å²) in [6, 6.07) is 7.76. The fourth-order valence-corrected chi connectivity index (χ4v) is 2.27. The van der Waals surface area contributed by atoms with E-state index in [2.05, 4.69) is 10.3 Å². The molecule has 0 atom stereocenters. The molecule has 0 saturated carbocycles. The number of carbonyl (C=O) groups is 1. The molecule has 1 aromatic heterocycles. The van der Waals surface area contributed by atoms with Crippen molar-refractivity contribution in [3.8, 4) is 0 Å². The number of fused-ring (bicyclic) bond motifs is 1. The lowest BCUT2D eigenvalue weighted by atomic mass is 10.2. The Labute approximate surface area is 110 Å². The van der Waals surface area contributed by atoms with Crippen LogP contribution in [0.25, 0.3) is 10.9 Å². The van der Waals surface area contributed by atoms with Crippen molar-refractivity contribution in [2.24, 2.45) is 4.99 Å². The molecular formula is C14H15N3O2. The monoisotopic (exact) mass is 257 g/mol. The van der Waals surface area contributed by atoms with Gasteiger partial charge in [-0.15, -0.1) is 0 Å². The van der Waals surface area contributed by atoms with Gasteiger partial charge < -0.3 is 10.1 Å². The van der Waals surface area contributed by atoms with Crippen LogP contribution in [0.15, 0.2) is 35.5 Å². The van der Waals surface area contributed by atoms with Crippen molar-refractivity contribution in [1.82, 2.24) is 9.88 Å². The van der Waals surface area contributed by atoms with E-state index in [4.69, 9.17) is 4.74 Å². The molecule has 98 valence electrons. The molecule has 0 aliphatic carbocycles. The Morgan fingerprint density at radius 3 is 3.05 bits per heavy atom. The standard InChI is InChI=1S/C14H15N3O2/c1-2-19-13(18)11-9-17(14-15-7-8-16-14)12-6-4-3-5-10(11)12/h3-6,9H,2,7-8H2,1H3,(H,15,16). The molecule has 0 unspecified atom stereocenters. The zero-order valence-electron chi connectivity index (χ0n) is 10.7. The maximum atomic E-state index is 12.0. The molecule has 0 fully saturated rings. The second-order valence-corrected chi connectivity index (χ2v) is 4.28. The minimum absolute atomic E-state index is 0.295. The van der Waals surface area contributed by atoms with Crippen LogP contribution in [0.1, 0.15) is 17.3 Å². The molecule has 0 saturated heterocycles. The summed E-state index contributed by atoms with van der Waals surface area (Å²) in [5, 5.41) is 4.10. The lowest BCUT2D eigenvalue weighted by Gasteiger charge is -2.04. The van der Waals surface area contributed by atoms with Crippen LogP contribution in [-0.4, -0.2) is 36.2 Å². The first-order valence-corrected chi connectivity index (χ1v) is 6.37. The summed E-state index contributed by atoms with van der Waals surface area (Å²) in [5.74, 6) is 0.489. The fourth-order valence-electron chi connectivity index (χ4n) is 2.27. The molecule has 0 bridgehead atoms. The molecular weight excluding hydrogens is 242 g/mol. The number of aromatic nitrogens is 1. The second kappa shape index (κ2) is 4.76. The first kappa shape index (κ1) is 11.8. The van der Waals surface area contributed by atoms with E-state index < -0.39 is 0 Å². The number of hydrogen-bond donors (Lipinski definition) is 1. The molecule has 1 aliphatic rings. The van der Waals surface area contributed by atoms with Crippen LogP contribution in [-0.2, 0) is 4.74 Å². The average molecular weight is 257 g/mol. The van der Waals surface area contributed by atoms with Crippen molar-refractivity contribution in [2.45, 2.75) is 6.92 Å². The van der Waals surface area contributed by atoms with E-state index in [-0.39, 0.29) is 5.97 Å². The van der Waals surface area contributed by atoms with Crippen LogP contribution in [0.3, 0.4) is 0 Å². The smallest absolute Gasteiger partial charge is 0.340 e. The molecule has 5 heteroatoms. The zero-order valence-corrected chi connectivity index (χ0v) is 10.7. The van der Waals surface area contributed by atoms with Crippen molar-refractivity contribution < 1.29 is 9.53 Å². The predicted octanol–water partition coefficient (Wildman–Crippen LogP) is 1.63. The minimum Gasteiger partial charge on any atom is -0.462 e. The van der Waals surface area contributed by atoms with Gasteiger partial charge in [0.15, 0.2) is 0 Å². The third-order valence-corrected chi connectivity index (χ3v) is 3.09. The van der Waals surface area contributed by atoms with Gasteiger partial charge in [0.2, 0.25) is 5.96 Å². The molecule has 0 amide bonds. The maximum Gasteiger partial charge on any atom is 0.340 e. The van der Waals surface area contributed by atoms with E-state index in [0.29, 0.717) is 12.2 Å². The molecule has 0 radical (unpaired) electrons. The highest BCUT2D eigenvalue weighted by Crippen LogP contribution is 2.22. The second-order valence-electron chi connectivity index (χ2n) is 4.28. The molecule has 5 nitrogen and oxygen atoms in total. The molecule has 19 heavy (non-hydrogen) atoms. The van der Waals surface area contributed by atoms with Crippen molar-refractivity contribution in [1.29, 1.82) is 0 Å². The van der Waals surface area contributed by atoms with Gasteiger partial charge in [0.1, 0.15) is 0 Å². The quantitative estimate of drug-likeness (QED) is 0.832. The third kappa shape index (κ3) is 1.97. The molecule has 1 aromatic carbocycles. The molecule has 2 heterocycles. The van der Waals surface area contributed by atoms with Crippen molar-refractivity contribution in [3.63, 3.8) is 0 Å². The Balaban J connectivity index is 2.15. The normalized spacial score (nSPS) is 14.3. The first-order chi connectivity index (χ1) is 9.31. The van der Waals surface area contributed by atoms with Crippen molar-refractivity contribution >= 4 is 22.8 Å². The van der Waals surface area contributed by atoms with E-state index in [0.717, 1.165) is 30.0 Å². The average Bonchev–Trinajstić information content (AvgIpc) is 3.06. The number of nitrogens with zero attached hydrogens (tertiary/aromatic N) is 2. The number of hydrogen-bond acceptors (Lipinski definition) is 4. The van der Waals surface area contributed by atoms with E-state index in [1.54, 1.807) is 13.1 Å². The lowest BCUT2D eigenvalue weighted by Crippen LogP contribution is -2.25. The van der Waals surface area contributed by atoms with Gasteiger partial charge in [-0.25, -0.2) is 4.79 Å². The minimum atomic E-state index is -0.295. The predicted molar refractivity (Wildman–Crippen MR) is 73.6 cm³/mol. The van der Waals surface area contributed by atoms with Crippen molar-refractivity contribution in [3.05, 3.63) is 36.0 Å². The van der Waals surface area contributed by atoms with Crippen LogP contribution in [0.2, 0.25) is 0 Å². The summed E-state index contributed by atoms with van der Waals surface area (Å²) in [5.41, 5.74) is 1.53. The van der Waals surface area contributed by atoms with Gasteiger partial charge in [0, 0.05) is 18.1 Å². The zero-order chi connectivity index (χ0) is 13.2. The van der Waals surface area contributed by atoms with Crippen LogP contribution in [0, 0.1) is 0 Å². The van der Waals surface area contributed by atoms with E-state index in [1.807, 2.05) is 28.8 Å². The number of ether oxygens (including phenoxy) is 1. The van der Waals surface area contributed by atoms with Gasteiger partial charge in [-0.05, 0) is 13.0 Å². The molecule has 1 N–H and O–H groups in total. The van der Waals surface area contributed by atoms with Gasteiger partial charge in [-0.2, -0.15) is 0 Å². The fraction of sp³-hybridized carbons (Fsp3) is 0.286. The third-order valence-electron chi connectivity index (χ3n) is 3.09. The number of nitrogens with one attached hydrogen (secondary N) is 1. The number of aliphatic imine (C=N–C) groups is 1. The van der Waals surface area contributed by atoms with Crippen LogP contribution in [0.5, 0.6) is 0 Å². The van der Waals surface area contributed by atoms with E-state index in [1.165, 1.54) is 0 Å². The van der Waals surface area contributed by atoms with Gasteiger partial charge in [-0.1, -0.05) is 18.2 Å². The summed E-state index contributed by atoms with van der Waals surface area (Å²) >= 11 is 0. The van der Waals surface area contributed by atoms with Crippen LogP contribution < -0.4 is 5.32 Å². The summed E-state index contributed by atoms with van der Waals surface area (Å²) in [7, 11) is 0. The Kier molecular flexibility index (Phi) is 2.95. The molecule has 2 aromatic rings. The highest BCUT2D eigenvalue weighted by molar-refractivity contribution is 6.07. The molecule has 1 aliphatic heterocycles. The summed E-state index contributed by atoms with van der Waals surface area (Å²) in [4.78, 5) is 16.4. The topological polar surface area (TPSA) is 55.6 Å². The largest absolute Gasteiger partial charge is 0.462 e. The molecule has 0 spiro atoms. The van der Waals surface area contributed by atoms with E-state index in [9.17, 15) is 4.79 Å². The number of carbonyl (C=O) groups excluding carboxylic acids is 1. The van der Waals surface area contributed by atoms with E-state index >= 15 is 0 Å². The van der Waals surface area contributed by atoms with Crippen LogP contribution in [0.4, 0.5) is 0 Å². The van der Waals surface area contributed by atoms with Gasteiger partial charge >= 0.3 is 5.97 Å². The van der Waals surface area contributed by atoms with Crippen LogP contribution >= 0.6 is 0 Å².